The zero-order chi connectivity index (χ0) is 26.2. The maximum Gasteiger partial charge on any atom is 0.199 e. The predicted molar refractivity (Wildman–Crippen MR) is 137 cm³/mol. The molecule has 1 saturated heterocycles. The first-order valence-electron chi connectivity index (χ1n) is 14.4. The first-order chi connectivity index (χ1) is 16.8. The van der Waals surface area contributed by atoms with E-state index in [1.54, 1.807) is 0 Å². The second-order valence-electron chi connectivity index (χ2n) is 14.3. The molecule has 6 aliphatic rings. The summed E-state index contributed by atoms with van der Waals surface area (Å²) in [5, 5.41) is 32.5. The molecule has 0 amide bonds. The first kappa shape index (κ1) is 25.3. The van der Waals surface area contributed by atoms with E-state index in [0.717, 1.165) is 25.7 Å². The largest absolute Gasteiger partial charge is 0.396 e. The van der Waals surface area contributed by atoms with Crippen LogP contribution in [0.15, 0.2) is 24.3 Å². The van der Waals surface area contributed by atoms with Crippen molar-refractivity contribution in [1.29, 1.82) is 0 Å². The fourth-order valence-corrected chi connectivity index (χ4v) is 11.7. The Morgan fingerprint density at radius 2 is 1.89 bits per heavy atom. The Morgan fingerprint density at radius 3 is 2.56 bits per heavy atom. The normalized spacial score (nSPS) is 58.2. The van der Waals surface area contributed by atoms with Gasteiger partial charge in [-0.1, -0.05) is 54.2 Å². The van der Waals surface area contributed by atoms with E-state index in [-0.39, 0.29) is 58.0 Å². The molecule has 5 aliphatic carbocycles. The Morgan fingerprint density at radius 1 is 1.19 bits per heavy atom. The van der Waals surface area contributed by atoms with Gasteiger partial charge in [-0.05, 0) is 83.7 Å². The van der Waals surface area contributed by atoms with Crippen LogP contribution >= 0.6 is 0 Å². The average Bonchev–Trinajstić information content (AvgIpc) is 3.13. The molecule has 1 heterocycles. The van der Waals surface area contributed by atoms with Gasteiger partial charge < -0.3 is 20.1 Å². The van der Waals surface area contributed by atoms with Crippen molar-refractivity contribution in [3.05, 3.63) is 24.3 Å². The summed E-state index contributed by atoms with van der Waals surface area (Å²) in [5.41, 5.74) is 0.933. The number of hydrogen-bond acceptors (Lipinski definition) is 5. The maximum atomic E-state index is 12.6. The van der Waals surface area contributed by atoms with Crippen molar-refractivity contribution in [1.82, 2.24) is 0 Å². The van der Waals surface area contributed by atoms with E-state index < -0.39 is 11.9 Å². The summed E-state index contributed by atoms with van der Waals surface area (Å²) in [4.78, 5) is 12.6. The third kappa shape index (κ3) is 2.47. The van der Waals surface area contributed by atoms with Gasteiger partial charge in [0.2, 0.25) is 0 Å². The molecule has 0 bridgehead atoms. The van der Waals surface area contributed by atoms with E-state index in [0.29, 0.717) is 29.1 Å². The van der Waals surface area contributed by atoms with Gasteiger partial charge in [-0.2, -0.15) is 0 Å². The average molecular weight is 499 g/mol. The fourth-order valence-electron chi connectivity index (χ4n) is 11.7. The number of ketones is 1. The number of aliphatic hydroxyl groups excluding tert-OH is 2. The minimum Gasteiger partial charge on any atom is -0.396 e. The van der Waals surface area contributed by atoms with Gasteiger partial charge in [0, 0.05) is 29.8 Å². The molecule has 3 N–H and O–H groups in total. The van der Waals surface area contributed by atoms with Crippen LogP contribution in [-0.2, 0) is 9.53 Å². The molecule has 2 spiro atoms. The van der Waals surface area contributed by atoms with Crippen LogP contribution < -0.4 is 0 Å². The molecule has 200 valence electrons. The van der Waals surface area contributed by atoms with Crippen molar-refractivity contribution in [3.63, 3.8) is 0 Å². The number of rotatable bonds is 4. The Kier molecular flexibility index (Phi) is 5.15. The Balaban J connectivity index is 1.34. The number of allylic oxidation sites excluding steroid dienone is 2. The predicted octanol–water partition coefficient (Wildman–Crippen LogP) is 4.51. The van der Waals surface area contributed by atoms with Gasteiger partial charge in [0.05, 0.1) is 6.10 Å². The number of aliphatic hydroxyl groups is 3. The topological polar surface area (TPSA) is 87.0 Å². The van der Waals surface area contributed by atoms with Crippen molar-refractivity contribution < 1.29 is 24.9 Å². The molecule has 5 nitrogen and oxygen atoms in total. The lowest BCUT2D eigenvalue weighted by molar-refractivity contribution is -0.262. The summed E-state index contributed by atoms with van der Waals surface area (Å²) in [5.74, 6) is -0.0179. The van der Waals surface area contributed by atoms with Gasteiger partial charge in [-0.3, -0.25) is 4.79 Å². The molecule has 5 heteroatoms. The molecule has 1 aliphatic heterocycles. The van der Waals surface area contributed by atoms with Crippen molar-refractivity contribution in [2.24, 2.45) is 63.1 Å². The molecule has 0 aromatic rings. The SMILES string of the molecule is C=C(C(O)[C@@]1(O)O[C@H]2C[C@@]3(C)[C@@H]4CC[C@H]5[C@H](C)C(=O)C=C[C@@]56[C@@H](C)[C@@]46CC[C@]3(C)[C@H]2[C@@H]1C)[C@@H](C)CO. The minimum absolute atomic E-state index is 0.00270. The highest BCUT2D eigenvalue weighted by molar-refractivity contribution is 5.93. The standard InChI is InChI=1S/C31H46O5/c1-16(15-32)17(2)26(34)31(35)19(4)25-23(36-31)14-28(7)24-9-8-21-18(3)22(33)10-11-29(21)20(5)30(24,29)13-12-27(25,28)6/h10-11,16,18-21,23-26,32,34-35H,2,8-9,12-15H2,1,3-7H3/t16-,18-,19-,20+,21-,23-,24-,25-,26?,27+,28-,29+,30-,31-/m0/s1. The minimum atomic E-state index is -1.68. The number of hydrogen-bond donors (Lipinski definition) is 3. The molecule has 0 aromatic carbocycles. The second-order valence-corrected chi connectivity index (χ2v) is 14.3. The Labute approximate surface area is 216 Å². The molecule has 4 saturated carbocycles. The van der Waals surface area contributed by atoms with E-state index in [4.69, 9.17) is 4.74 Å². The van der Waals surface area contributed by atoms with Crippen LogP contribution in [0.5, 0.6) is 0 Å². The molecule has 0 aromatic heterocycles. The van der Waals surface area contributed by atoms with E-state index in [1.165, 1.54) is 6.42 Å². The summed E-state index contributed by atoms with van der Waals surface area (Å²) in [6.45, 7) is 17.3. The molecule has 1 unspecified atom stereocenters. The van der Waals surface area contributed by atoms with E-state index in [2.05, 4.69) is 40.3 Å². The highest BCUT2D eigenvalue weighted by Gasteiger charge is 2.86. The third-order valence-electron chi connectivity index (χ3n) is 13.9. The second kappa shape index (κ2) is 7.34. The van der Waals surface area contributed by atoms with E-state index in [9.17, 15) is 20.1 Å². The van der Waals surface area contributed by atoms with Crippen LogP contribution in [-0.4, -0.2) is 45.7 Å². The monoisotopic (exact) mass is 498 g/mol. The van der Waals surface area contributed by atoms with Gasteiger partial charge in [0.15, 0.2) is 11.6 Å². The maximum absolute atomic E-state index is 12.6. The van der Waals surface area contributed by atoms with E-state index >= 15 is 0 Å². The molecular formula is C31H46O5. The van der Waals surface area contributed by atoms with Crippen LogP contribution in [0, 0.1) is 63.1 Å². The lowest BCUT2D eigenvalue weighted by Crippen LogP contribution is -2.57. The zero-order valence-corrected chi connectivity index (χ0v) is 23.0. The summed E-state index contributed by atoms with van der Waals surface area (Å²) < 4.78 is 6.48. The Bertz CT molecular complexity index is 1040. The smallest absolute Gasteiger partial charge is 0.199 e. The molecule has 14 atom stereocenters. The van der Waals surface area contributed by atoms with Crippen molar-refractivity contribution in [3.8, 4) is 0 Å². The van der Waals surface area contributed by atoms with Crippen molar-refractivity contribution >= 4 is 5.78 Å². The molecular weight excluding hydrogens is 452 g/mol. The number of carbonyl (C=O) groups excluding carboxylic acids is 1. The number of carbonyl (C=O) groups is 1. The summed E-state index contributed by atoms with van der Waals surface area (Å²) in [6, 6.07) is 0. The highest BCUT2D eigenvalue weighted by atomic mass is 16.7. The van der Waals surface area contributed by atoms with Crippen LogP contribution in [0.4, 0.5) is 0 Å². The van der Waals surface area contributed by atoms with Gasteiger partial charge in [-0.15, -0.1) is 0 Å². The van der Waals surface area contributed by atoms with E-state index in [1.807, 2.05) is 19.9 Å². The molecule has 5 fully saturated rings. The number of ether oxygens (including phenoxy) is 1. The van der Waals surface area contributed by atoms with Gasteiger partial charge >= 0.3 is 0 Å². The van der Waals surface area contributed by atoms with Crippen LogP contribution in [0.2, 0.25) is 0 Å². The van der Waals surface area contributed by atoms with Crippen LogP contribution in [0.1, 0.15) is 73.6 Å². The molecule has 6 rings (SSSR count). The van der Waals surface area contributed by atoms with Crippen molar-refractivity contribution in [2.75, 3.05) is 6.61 Å². The molecule has 0 radical (unpaired) electrons. The first-order valence-corrected chi connectivity index (χ1v) is 14.4. The fraction of sp³-hybridized carbons (Fsp3) is 0.839. The summed E-state index contributed by atoms with van der Waals surface area (Å²) in [6.07, 6.45) is 8.34. The van der Waals surface area contributed by atoms with Crippen LogP contribution in [0.3, 0.4) is 0 Å². The summed E-state index contributed by atoms with van der Waals surface area (Å²) >= 11 is 0. The van der Waals surface area contributed by atoms with Gasteiger partial charge in [0.25, 0.3) is 0 Å². The van der Waals surface area contributed by atoms with Crippen molar-refractivity contribution in [2.45, 2.75) is 91.6 Å². The lowest BCUT2D eigenvalue weighted by Gasteiger charge is -2.61. The molecule has 36 heavy (non-hydrogen) atoms. The summed E-state index contributed by atoms with van der Waals surface area (Å²) in [7, 11) is 0. The van der Waals surface area contributed by atoms with Gasteiger partial charge in [0.1, 0.15) is 6.10 Å². The Hall–Kier alpha value is -1.01. The number of fused-ring (bicyclic) bond motifs is 4. The highest BCUT2D eigenvalue weighted by Crippen LogP contribution is 2.90. The van der Waals surface area contributed by atoms with Gasteiger partial charge in [-0.25, -0.2) is 0 Å². The quantitative estimate of drug-likeness (QED) is 0.497. The lowest BCUT2D eigenvalue weighted by atomic mass is 9.43. The zero-order valence-electron chi connectivity index (χ0n) is 23.0. The van der Waals surface area contributed by atoms with Crippen LogP contribution in [0.25, 0.3) is 0 Å². The third-order valence-corrected chi connectivity index (χ3v) is 13.9.